The van der Waals surface area contributed by atoms with Crippen LogP contribution in [0.25, 0.3) is 0 Å². The van der Waals surface area contributed by atoms with Crippen LogP contribution in [0.4, 0.5) is 0 Å². The van der Waals surface area contributed by atoms with Gasteiger partial charge in [-0.05, 0) is 64.4 Å². The molecule has 0 bridgehead atoms. The highest BCUT2D eigenvalue weighted by Crippen LogP contribution is 2.36. The summed E-state index contributed by atoms with van der Waals surface area (Å²) in [5, 5.41) is 0. The van der Waals surface area contributed by atoms with E-state index in [4.69, 9.17) is 4.55 Å². The second-order valence-electron chi connectivity index (χ2n) is 7.26. The lowest BCUT2D eigenvalue weighted by molar-refractivity contribution is 0.0946. The van der Waals surface area contributed by atoms with Crippen molar-refractivity contribution in [2.24, 2.45) is 0 Å². The van der Waals surface area contributed by atoms with Gasteiger partial charge in [-0.1, -0.05) is 42.0 Å². The first-order chi connectivity index (χ1) is 11.5. The maximum absolute atomic E-state index is 10.5. The summed E-state index contributed by atoms with van der Waals surface area (Å²) in [4.78, 5) is 2.40. The van der Waals surface area contributed by atoms with E-state index in [1.165, 1.54) is 23.3 Å². The summed E-state index contributed by atoms with van der Waals surface area (Å²) in [6, 6.07) is 15.3. The standard InChI is InChI=1S/C13H19N.C7H8O3S/c1-10-12-8-6-5-7-11(12)9-13(2,3)14(10)4;1-6-2-4-7(5-3-6)11(8,9)10/h5-8,10H,9H2,1-4H3;2-5H,1H3,(H,8,9,10). The van der Waals surface area contributed by atoms with Gasteiger partial charge in [0.15, 0.2) is 0 Å². The maximum atomic E-state index is 10.5. The first-order valence-electron chi connectivity index (χ1n) is 8.37. The van der Waals surface area contributed by atoms with Gasteiger partial charge in [-0.15, -0.1) is 0 Å². The molecule has 1 atom stereocenters. The average molecular weight is 362 g/mol. The fourth-order valence-electron chi connectivity index (χ4n) is 3.14. The van der Waals surface area contributed by atoms with Crippen LogP contribution in [0.3, 0.4) is 0 Å². The van der Waals surface area contributed by atoms with Crippen LogP contribution in [-0.2, 0) is 16.5 Å². The molecule has 0 aliphatic carbocycles. The Labute approximate surface area is 151 Å². The molecule has 2 aromatic carbocycles. The smallest absolute Gasteiger partial charge is 0.294 e. The molecule has 0 fully saturated rings. The van der Waals surface area contributed by atoms with Crippen molar-refractivity contribution in [1.29, 1.82) is 0 Å². The van der Waals surface area contributed by atoms with Crippen molar-refractivity contribution in [3.63, 3.8) is 0 Å². The minimum atomic E-state index is -4.02. The molecule has 0 radical (unpaired) electrons. The van der Waals surface area contributed by atoms with Crippen molar-refractivity contribution in [3.8, 4) is 0 Å². The molecule has 5 heteroatoms. The van der Waals surface area contributed by atoms with Crippen molar-refractivity contribution in [2.75, 3.05) is 7.05 Å². The van der Waals surface area contributed by atoms with Crippen LogP contribution in [0.15, 0.2) is 53.4 Å². The first-order valence-corrected chi connectivity index (χ1v) is 9.81. The summed E-state index contributed by atoms with van der Waals surface area (Å²) in [6.45, 7) is 8.77. The Morgan fingerprint density at radius 1 is 1.08 bits per heavy atom. The van der Waals surface area contributed by atoms with Crippen molar-refractivity contribution in [3.05, 3.63) is 65.2 Å². The van der Waals surface area contributed by atoms with Gasteiger partial charge >= 0.3 is 0 Å². The number of fused-ring (bicyclic) bond motifs is 1. The van der Waals surface area contributed by atoms with Crippen LogP contribution in [-0.4, -0.2) is 30.5 Å². The van der Waals surface area contributed by atoms with Gasteiger partial charge in [0.2, 0.25) is 0 Å². The van der Waals surface area contributed by atoms with Crippen LogP contribution in [0.2, 0.25) is 0 Å². The molecule has 1 aliphatic heterocycles. The lowest BCUT2D eigenvalue weighted by Gasteiger charge is -2.45. The van der Waals surface area contributed by atoms with Crippen molar-refractivity contribution >= 4 is 10.1 Å². The fraction of sp³-hybridized carbons (Fsp3) is 0.400. The zero-order valence-corrected chi connectivity index (χ0v) is 16.3. The molecule has 1 N–H and O–H groups in total. The van der Waals surface area contributed by atoms with Gasteiger partial charge in [-0.3, -0.25) is 9.45 Å². The number of benzene rings is 2. The van der Waals surface area contributed by atoms with E-state index in [0.29, 0.717) is 6.04 Å². The third-order valence-electron chi connectivity index (χ3n) is 4.98. The van der Waals surface area contributed by atoms with Crippen LogP contribution < -0.4 is 0 Å². The Morgan fingerprint density at radius 2 is 1.64 bits per heavy atom. The summed E-state index contributed by atoms with van der Waals surface area (Å²) in [6.07, 6.45) is 1.16. The topological polar surface area (TPSA) is 57.6 Å². The van der Waals surface area contributed by atoms with E-state index in [1.54, 1.807) is 12.1 Å². The zero-order valence-electron chi connectivity index (χ0n) is 15.5. The van der Waals surface area contributed by atoms with Gasteiger partial charge in [0, 0.05) is 11.6 Å². The largest absolute Gasteiger partial charge is 0.294 e. The number of likely N-dealkylation sites (N-methyl/N-ethyl adjacent to an activating group) is 1. The van der Waals surface area contributed by atoms with Gasteiger partial charge < -0.3 is 0 Å². The van der Waals surface area contributed by atoms with Crippen molar-refractivity contribution in [2.45, 2.75) is 50.6 Å². The molecule has 1 aliphatic rings. The van der Waals surface area contributed by atoms with E-state index in [2.05, 4.69) is 57.0 Å². The minimum Gasteiger partial charge on any atom is -0.294 e. The van der Waals surface area contributed by atoms with Crippen LogP contribution >= 0.6 is 0 Å². The molecule has 0 saturated heterocycles. The lowest BCUT2D eigenvalue weighted by atomic mass is 9.82. The van der Waals surface area contributed by atoms with E-state index in [-0.39, 0.29) is 10.4 Å². The maximum Gasteiger partial charge on any atom is 0.294 e. The quantitative estimate of drug-likeness (QED) is 0.771. The molecule has 0 spiro atoms. The van der Waals surface area contributed by atoms with Gasteiger partial charge in [-0.2, -0.15) is 8.42 Å². The molecule has 0 saturated carbocycles. The highest BCUT2D eigenvalue weighted by Gasteiger charge is 2.34. The molecular weight excluding hydrogens is 334 g/mol. The molecule has 3 rings (SSSR count). The van der Waals surface area contributed by atoms with Gasteiger partial charge in [-0.25, -0.2) is 0 Å². The number of rotatable bonds is 1. The number of aryl methyl sites for hydroxylation is 1. The summed E-state index contributed by atoms with van der Waals surface area (Å²) in [5.41, 5.74) is 4.25. The highest BCUT2D eigenvalue weighted by atomic mass is 32.2. The second-order valence-corrected chi connectivity index (χ2v) is 8.68. The molecule has 4 nitrogen and oxygen atoms in total. The molecular formula is C20H27NO3S. The van der Waals surface area contributed by atoms with Gasteiger partial charge in [0.05, 0.1) is 4.90 Å². The molecule has 0 amide bonds. The average Bonchev–Trinajstić information content (AvgIpc) is 2.53. The molecule has 25 heavy (non-hydrogen) atoms. The summed E-state index contributed by atoms with van der Waals surface area (Å²) >= 11 is 0. The first kappa shape index (κ1) is 19.6. The predicted molar refractivity (Wildman–Crippen MR) is 101 cm³/mol. The molecule has 136 valence electrons. The minimum absolute atomic E-state index is 0.0666. The SMILES string of the molecule is CC1c2ccccc2CC(C)(C)N1C.Cc1ccc(S(=O)(=O)O)cc1. The Kier molecular flexibility index (Phi) is 5.72. The van der Waals surface area contributed by atoms with Crippen LogP contribution in [0, 0.1) is 6.92 Å². The Balaban J connectivity index is 0.000000186. The lowest BCUT2D eigenvalue weighted by Crippen LogP contribution is -2.47. The molecule has 0 aromatic heterocycles. The zero-order chi connectivity index (χ0) is 18.8. The van der Waals surface area contributed by atoms with Crippen LogP contribution in [0.1, 0.15) is 43.5 Å². The summed E-state index contributed by atoms with van der Waals surface area (Å²) in [7, 11) is -1.80. The highest BCUT2D eigenvalue weighted by molar-refractivity contribution is 7.85. The van der Waals surface area contributed by atoms with E-state index in [9.17, 15) is 8.42 Å². The van der Waals surface area contributed by atoms with E-state index in [0.717, 1.165) is 12.0 Å². The van der Waals surface area contributed by atoms with Crippen molar-refractivity contribution in [1.82, 2.24) is 4.90 Å². The second kappa shape index (κ2) is 7.28. The summed E-state index contributed by atoms with van der Waals surface area (Å²) in [5.74, 6) is 0. The number of nitrogens with zero attached hydrogens (tertiary/aromatic N) is 1. The Bertz CT molecular complexity index is 826. The Morgan fingerprint density at radius 3 is 2.20 bits per heavy atom. The summed E-state index contributed by atoms with van der Waals surface area (Å²) < 4.78 is 29.6. The van der Waals surface area contributed by atoms with Crippen LogP contribution in [0.5, 0.6) is 0 Å². The normalized spacial score (nSPS) is 19.5. The van der Waals surface area contributed by atoms with Gasteiger partial charge in [0.25, 0.3) is 10.1 Å². The molecule has 1 unspecified atom stereocenters. The van der Waals surface area contributed by atoms with Crippen molar-refractivity contribution < 1.29 is 13.0 Å². The Hall–Kier alpha value is -1.69. The predicted octanol–water partition coefficient (Wildman–Crippen LogP) is 4.26. The monoisotopic (exact) mass is 361 g/mol. The molecule has 2 aromatic rings. The van der Waals surface area contributed by atoms with Gasteiger partial charge in [0.1, 0.15) is 0 Å². The number of hydrogen-bond donors (Lipinski definition) is 1. The van der Waals surface area contributed by atoms with E-state index >= 15 is 0 Å². The third-order valence-corrected chi connectivity index (χ3v) is 5.85. The molecule has 1 heterocycles. The van der Waals surface area contributed by atoms with E-state index in [1.807, 2.05) is 6.92 Å². The number of hydrogen-bond acceptors (Lipinski definition) is 3. The fourth-order valence-corrected chi connectivity index (χ4v) is 3.62. The third kappa shape index (κ3) is 4.69. The van der Waals surface area contributed by atoms with E-state index < -0.39 is 10.1 Å².